The van der Waals surface area contributed by atoms with E-state index < -0.39 is 0 Å². The van der Waals surface area contributed by atoms with Crippen molar-refractivity contribution in [1.82, 2.24) is 24.6 Å². The number of pyridine rings is 1. The Labute approximate surface area is 150 Å². The molecule has 0 aliphatic carbocycles. The van der Waals surface area contributed by atoms with Gasteiger partial charge in [-0.1, -0.05) is 41.9 Å². The first-order valence-corrected chi connectivity index (χ1v) is 8.40. The van der Waals surface area contributed by atoms with Crippen LogP contribution in [0.2, 0.25) is 5.02 Å². The lowest BCUT2D eigenvalue weighted by molar-refractivity contribution is 0.0681. The number of hydrogen-bond acceptors (Lipinski definition) is 4. The van der Waals surface area contributed by atoms with Gasteiger partial charge in [0.25, 0.3) is 5.91 Å². The molecular formula is C18H16ClN5O. The van der Waals surface area contributed by atoms with E-state index in [1.165, 1.54) is 12.4 Å². The van der Waals surface area contributed by atoms with Crippen LogP contribution in [-0.2, 0) is 6.54 Å². The Morgan fingerprint density at radius 2 is 2.00 bits per heavy atom. The summed E-state index contributed by atoms with van der Waals surface area (Å²) in [6, 6.07) is 11.7. The summed E-state index contributed by atoms with van der Waals surface area (Å²) in [7, 11) is 0. The van der Waals surface area contributed by atoms with Gasteiger partial charge >= 0.3 is 0 Å². The number of nitrogens with zero attached hydrogens (tertiary/aromatic N) is 5. The van der Waals surface area contributed by atoms with Crippen molar-refractivity contribution >= 4 is 17.5 Å². The van der Waals surface area contributed by atoms with E-state index in [1.807, 2.05) is 30.3 Å². The molecule has 0 N–H and O–H groups in total. The van der Waals surface area contributed by atoms with Crippen molar-refractivity contribution in [2.45, 2.75) is 19.5 Å². The molecule has 0 spiro atoms. The number of fused-ring (bicyclic) bond motifs is 1. The average molecular weight is 354 g/mol. The molecular weight excluding hydrogens is 338 g/mol. The van der Waals surface area contributed by atoms with E-state index in [2.05, 4.69) is 26.7 Å². The topological polar surface area (TPSA) is 63.9 Å². The molecule has 1 aromatic carbocycles. The zero-order valence-electron chi connectivity index (χ0n) is 13.6. The van der Waals surface area contributed by atoms with E-state index in [1.54, 1.807) is 11.0 Å². The van der Waals surface area contributed by atoms with Crippen molar-refractivity contribution in [3.8, 4) is 11.4 Å². The lowest BCUT2D eigenvalue weighted by Crippen LogP contribution is -2.40. The minimum atomic E-state index is -0.0997. The second kappa shape index (κ2) is 6.29. The van der Waals surface area contributed by atoms with Gasteiger partial charge in [0.15, 0.2) is 11.6 Å². The van der Waals surface area contributed by atoms with E-state index in [9.17, 15) is 4.79 Å². The Kier molecular flexibility index (Phi) is 3.97. The minimum Gasteiger partial charge on any atom is -0.329 e. The highest BCUT2D eigenvalue weighted by Crippen LogP contribution is 2.28. The first kappa shape index (κ1) is 15.8. The summed E-state index contributed by atoms with van der Waals surface area (Å²) < 4.78 is 2.11. The van der Waals surface area contributed by atoms with Crippen molar-refractivity contribution in [3.05, 3.63) is 65.2 Å². The Hall–Kier alpha value is -2.73. The van der Waals surface area contributed by atoms with Crippen molar-refractivity contribution in [2.24, 2.45) is 0 Å². The Morgan fingerprint density at radius 1 is 1.20 bits per heavy atom. The fourth-order valence-corrected chi connectivity index (χ4v) is 3.35. The third kappa shape index (κ3) is 2.89. The summed E-state index contributed by atoms with van der Waals surface area (Å²) in [4.78, 5) is 18.5. The molecule has 0 saturated carbocycles. The van der Waals surface area contributed by atoms with Gasteiger partial charge in [-0.25, -0.2) is 0 Å². The fraction of sp³-hybridized carbons (Fsp3) is 0.222. The van der Waals surface area contributed by atoms with Gasteiger partial charge in [-0.3, -0.25) is 9.78 Å². The molecule has 1 aliphatic heterocycles. The number of benzene rings is 1. The standard InChI is InChI=1S/C18H16ClN5O/c1-12-10-23(18(25)14-7-15(19)9-20-8-14)11-16-21-22-17(24(12)16)13-5-3-2-4-6-13/h2-9,12H,10-11H2,1H3/t12-/m0/s1. The molecule has 0 bridgehead atoms. The van der Waals surface area contributed by atoms with Crippen LogP contribution in [0.25, 0.3) is 11.4 Å². The van der Waals surface area contributed by atoms with Crippen LogP contribution >= 0.6 is 11.6 Å². The van der Waals surface area contributed by atoms with Gasteiger partial charge in [-0.15, -0.1) is 10.2 Å². The zero-order valence-corrected chi connectivity index (χ0v) is 14.4. The number of rotatable bonds is 2. The predicted octanol–water partition coefficient (Wildman–Crippen LogP) is 3.21. The number of carbonyl (C=O) groups excluding carboxylic acids is 1. The van der Waals surface area contributed by atoms with Gasteiger partial charge in [-0.05, 0) is 13.0 Å². The molecule has 1 atom stereocenters. The smallest absolute Gasteiger partial charge is 0.255 e. The zero-order chi connectivity index (χ0) is 17.4. The number of hydrogen-bond donors (Lipinski definition) is 0. The molecule has 6 nitrogen and oxygen atoms in total. The maximum Gasteiger partial charge on any atom is 0.255 e. The molecule has 0 saturated heterocycles. The monoisotopic (exact) mass is 353 g/mol. The van der Waals surface area contributed by atoms with Crippen molar-refractivity contribution in [2.75, 3.05) is 6.54 Å². The maximum atomic E-state index is 12.8. The summed E-state index contributed by atoms with van der Waals surface area (Å²) in [5.74, 6) is 1.51. The SMILES string of the molecule is C[C@H]1CN(C(=O)c2cncc(Cl)c2)Cc2nnc(-c3ccccc3)n21. The first-order valence-electron chi connectivity index (χ1n) is 8.02. The highest BCUT2D eigenvalue weighted by atomic mass is 35.5. The Bertz CT molecular complexity index is 924. The minimum absolute atomic E-state index is 0.0741. The maximum absolute atomic E-state index is 12.8. The molecule has 2 aromatic heterocycles. The molecule has 1 amide bonds. The molecule has 0 radical (unpaired) electrons. The summed E-state index contributed by atoms with van der Waals surface area (Å²) in [5, 5.41) is 9.09. The van der Waals surface area contributed by atoms with Crippen LogP contribution in [0.3, 0.4) is 0 Å². The largest absolute Gasteiger partial charge is 0.329 e. The summed E-state index contributed by atoms with van der Waals surface area (Å²) in [6.45, 7) is 3.06. The number of amides is 1. The van der Waals surface area contributed by atoms with Crippen molar-refractivity contribution in [3.63, 3.8) is 0 Å². The molecule has 0 fully saturated rings. The third-order valence-corrected chi connectivity index (χ3v) is 4.50. The molecule has 4 rings (SSSR count). The molecule has 126 valence electrons. The normalized spacial score (nSPS) is 16.6. The average Bonchev–Trinajstić information content (AvgIpc) is 3.06. The highest BCUT2D eigenvalue weighted by Gasteiger charge is 2.30. The van der Waals surface area contributed by atoms with Crippen LogP contribution in [0.5, 0.6) is 0 Å². The molecule has 0 unspecified atom stereocenters. The molecule has 3 aromatic rings. The fourth-order valence-electron chi connectivity index (χ4n) is 3.18. The Morgan fingerprint density at radius 3 is 2.76 bits per heavy atom. The number of carbonyl (C=O) groups is 1. The lowest BCUT2D eigenvalue weighted by atomic mass is 10.1. The van der Waals surface area contributed by atoms with Gasteiger partial charge in [0, 0.05) is 24.5 Å². The third-order valence-electron chi connectivity index (χ3n) is 4.30. The van der Waals surface area contributed by atoms with Crippen LogP contribution in [0.15, 0.2) is 48.8 Å². The van der Waals surface area contributed by atoms with Crippen molar-refractivity contribution < 1.29 is 4.79 Å². The Balaban J connectivity index is 1.65. The lowest BCUT2D eigenvalue weighted by Gasteiger charge is -2.32. The van der Waals surface area contributed by atoms with E-state index in [-0.39, 0.29) is 11.9 Å². The highest BCUT2D eigenvalue weighted by molar-refractivity contribution is 6.30. The van der Waals surface area contributed by atoms with Crippen molar-refractivity contribution in [1.29, 1.82) is 0 Å². The quantitative estimate of drug-likeness (QED) is 0.709. The van der Waals surface area contributed by atoms with E-state index in [4.69, 9.17) is 11.6 Å². The van der Waals surface area contributed by atoms with Gasteiger partial charge in [-0.2, -0.15) is 0 Å². The molecule has 3 heterocycles. The number of aromatic nitrogens is 4. The van der Waals surface area contributed by atoms with Gasteiger partial charge < -0.3 is 9.47 Å². The van der Waals surface area contributed by atoms with Crippen LogP contribution in [0.4, 0.5) is 0 Å². The van der Waals surface area contributed by atoms with E-state index in [0.29, 0.717) is 23.7 Å². The van der Waals surface area contributed by atoms with Gasteiger partial charge in [0.05, 0.1) is 23.2 Å². The summed E-state index contributed by atoms with van der Waals surface area (Å²) >= 11 is 5.95. The number of halogens is 1. The second-order valence-corrected chi connectivity index (χ2v) is 6.54. The van der Waals surface area contributed by atoms with Crippen LogP contribution < -0.4 is 0 Å². The summed E-state index contributed by atoms with van der Waals surface area (Å²) in [6.07, 6.45) is 3.05. The first-order chi connectivity index (χ1) is 12.1. The summed E-state index contributed by atoms with van der Waals surface area (Å²) in [5.41, 5.74) is 1.50. The van der Waals surface area contributed by atoms with Crippen LogP contribution in [0, 0.1) is 0 Å². The van der Waals surface area contributed by atoms with Crippen LogP contribution in [-0.4, -0.2) is 37.1 Å². The molecule has 7 heteroatoms. The van der Waals surface area contributed by atoms with E-state index in [0.717, 1.165) is 17.2 Å². The second-order valence-electron chi connectivity index (χ2n) is 6.10. The van der Waals surface area contributed by atoms with Gasteiger partial charge in [0.1, 0.15) is 0 Å². The predicted molar refractivity (Wildman–Crippen MR) is 94.2 cm³/mol. The molecule has 25 heavy (non-hydrogen) atoms. The van der Waals surface area contributed by atoms with Gasteiger partial charge in [0.2, 0.25) is 0 Å². The molecule has 1 aliphatic rings. The van der Waals surface area contributed by atoms with Crippen LogP contribution in [0.1, 0.15) is 29.1 Å². The van der Waals surface area contributed by atoms with E-state index >= 15 is 0 Å².